The van der Waals surface area contributed by atoms with E-state index in [1.54, 1.807) is 121 Å². The second-order valence-electron chi connectivity index (χ2n) is 20.0. The van der Waals surface area contributed by atoms with Gasteiger partial charge in [0.1, 0.15) is 37.9 Å². The molecule has 0 bridgehead atoms. The summed E-state index contributed by atoms with van der Waals surface area (Å²) in [6.07, 6.45) is 3.70. The van der Waals surface area contributed by atoms with Crippen LogP contribution in [0.1, 0.15) is 65.4 Å². The monoisotopic (exact) mass is 1210 g/mol. The van der Waals surface area contributed by atoms with Gasteiger partial charge in [0.15, 0.2) is 0 Å². The number of allylic oxidation sites excluding steroid dienone is 2. The van der Waals surface area contributed by atoms with Gasteiger partial charge in [0.25, 0.3) is 0 Å². The molecule has 0 spiro atoms. The molecule has 0 atom stereocenters. The fourth-order valence-corrected chi connectivity index (χ4v) is 14.2. The largest absolute Gasteiger partial charge is 0.458 e. The van der Waals surface area contributed by atoms with Gasteiger partial charge < -0.3 is 28.4 Å². The maximum atomic E-state index is 15.7. The third kappa shape index (κ3) is 9.63. The molecule has 0 unspecified atom stereocenters. The molecule has 84 heavy (non-hydrogen) atoms. The molecule has 0 fully saturated rings. The van der Waals surface area contributed by atoms with Crippen LogP contribution in [-0.2, 0) is 75.8 Å². The van der Waals surface area contributed by atoms with Crippen LogP contribution in [0.25, 0.3) is 33.0 Å². The molecular weight excluding hydrogens is 1170 g/mol. The van der Waals surface area contributed by atoms with Crippen molar-refractivity contribution in [3.05, 3.63) is 271 Å². The highest BCUT2D eigenvalue weighted by molar-refractivity contribution is 7.84. The standard InChI is InChI=1S/C68H42O10S6/c69-63(73-35-39-17-5-1-6-18-39)67(64(70)74-36-40-19-7-2-8-20-40)53-33-50-54(34-49(53)61-55(77-67)31-43(83-61)29-51-57(79)45-25-13-14-26-46(45)58(51)80)68(65(71)75-37-41-21-9-3-10-22-41,66(72)76-38-42-23-11-4-12-24-42)78-56-32-44(84-62(50)56)30-52-59(81)47-27-15-16-28-48(47)60(52)82/h1-34H,35-38H2. The van der Waals surface area contributed by atoms with Crippen molar-refractivity contribution in [2.24, 2.45) is 0 Å². The Hall–Kier alpha value is -8.74. The van der Waals surface area contributed by atoms with Crippen molar-refractivity contribution >= 4 is 127 Å². The van der Waals surface area contributed by atoms with Gasteiger partial charge >= 0.3 is 35.1 Å². The first-order valence-electron chi connectivity index (χ1n) is 26.4. The van der Waals surface area contributed by atoms with E-state index >= 15 is 19.2 Å². The Morgan fingerprint density at radius 1 is 0.369 bits per heavy atom. The number of rotatable bonds is 14. The zero-order valence-corrected chi connectivity index (χ0v) is 48.9. The van der Waals surface area contributed by atoms with Crippen LogP contribution in [0.3, 0.4) is 0 Å². The molecule has 0 saturated heterocycles. The zero-order valence-electron chi connectivity index (χ0n) is 44.0. The normalized spacial score (nSPS) is 14.5. The minimum Gasteiger partial charge on any atom is -0.458 e. The number of ether oxygens (including phenoxy) is 6. The van der Waals surface area contributed by atoms with Crippen LogP contribution >= 0.6 is 71.5 Å². The van der Waals surface area contributed by atoms with E-state index in [1.807, 2.05) is 84.9 Å². The van der Waals surface area contributed by atoms with Gasteiger partial charge in [0.2, 0.25) is 0 Å². The highest BCUT2D eigenvalue weighted by Crippen LogP contribution is 2.58. The first-order valence-corrected chi connectivity index (χ1v) is 29.7. The SMILES string of the molecule is O=C(OCc1ccccc1)C1(C(=O)OCc2ccccc2)Oc2cc(C=C3C(=S)c4ccccc4C3=S)sc2-c2cc3c(cc21)-c1sc(C=C2C(=S)c4ccccc4C2=S)cc1OC3(C(=O)OCc1ccccc1)C(=O)OCc1ccccc1. The van der Waals surface area contributed by atoms with Gasteiger partial charge in [-0.1, -0.05) is 219 Å². The summed E-state index contributed by atoms with van der Waals surface area (Å²) in [7, 11) is 0. The molecular formula is C68H42O10S6. The van der Waals surface area contributed by atoms with E-state index in [0.717, 1.165) is 22.3 Å². The number of hydrogen-bond donors (Lipinski definition) is 0. The van der Waals surface area contributed by atoms with Crippen molar-refractivity contribution in [1.82, 2.24) is 0 Å². The number of fused-ring (bicyclic) bond motifs is 8. The van der Waals surface area contributed by atoms with Crippen molar-refractivity contribution in [1.29, 1.82) is 0 Å². The number of esters is 4. The molecule has 2 aliphatic carbocycles. The maximum Gasteiger partial charge on any atom is 0.367 e. The van der Waals surface area contributed by atoms with Crippen molar-refractivity contribution in [3.63, 3.8) is 0 Å². The van der Waals surface area contributed by atoms with Crippen LogP contribution in [0.15, 0.2) is 205 Å². The second-order valence-corrected chi connectivity index (χ2v) is 23.8. The lowest BCUT2D eigenvalue weighted by Gasteiger charge is -2.39. The predicted molar refractivity (Wildman–Crippen MR) is 338 cm³/mol. The molecule has 4 aliphatic rings. The van der Waals surface area contributed by atoms with Crippen molar-refractivity contribution in [2.75, 3.05) is 0 Å². The summed E-state index contributed by atoms with van der Waals surface area (Å²) < 4.78 is 38.7. The molecule has 0 saturated carbocycles. The molecule has 410 valence electrons. The average molecular weight is 1210 g/mol. The lowest BCUT2D eigenvalue weighted by molar-refractivity contribution is -0.185. The van der Waals surface area contributed by atoms with Crippen LogP contribution < -0.4 is 9.47 Å². The molecule has 9 aromatic rings. The molecule has 2 aromatic heterocycles. The van der Waals surface area contributed by atoms with Crippen LogP contribution in [-0.4, -0.2) is 43.3 Å². The molecule has 16 heteroatoms. The fraction of sp³-hybridized carbons (Fsp3) is 0.0882. The Balaban J connectivity index is 1.05. The van der Waals surface area contributed by atoms with E-state index in [2.05, 4.69) is 0 Å². The molecule has 2 aliphatic heterocycles. The topological polar surface area (TPSA) is 124 Å². The van der Waals surface area contributed by atoms with Crippen LogP contribution in [0.2, 0.25) is 0 Å². The molecule has 4 heterocycles. The molecule has 0 radical (unpaired) electrons. The van der Waals surface area contributed by atoms with Crippen LogP contribution in [0, 0.1) is 0 Å². The van der Waals surface area contributed by atoms with Gasteiger partial charge in [0, 0.05) is 65.4 Å². The van der Waals surface area contributed by atoms with Crippen LogP contribution in [0.5, 0.6) is 11.5 Å². The predicted octanol–water partition coefficient (Wildman–Crippen LogP) is 14.4. The van der Waals surface area contributed by atoms with Gasteiger partial charge in [-0.15, -0.1) is 22.7 Å². The van der Waals surface area contributed by atoms with E-state index < -0.39 is 35.1 Å². The minimum absolute atomic E-state index is 0.0100. The maximum absolute atomic E-state index is 15.7. The van der Waals surface area contributed by atoms with Crippen molar-refractivity contribution in [2.45, 2.75) is 37.6 Å². The Bertz CT molecular complexity index is 3850. The smallest absolute Gasteiger partial charge is 0.367 e. The molecule has 7 aromatic carbocycles. The van der Waals surface area contributed by atoms with E-state index in [1.165, 1.54) is 22.7 Å². The summed E-state index contributed by atoms with van der Waals surface area (Å²) in [6, 6.07) is 57.9. The Morgan fingerprint density at radius 2 is 0.631 bits per heavy atom. The fourth-order valence-electron chi connectivity index (χ4n) is 10.6. The Labute approximate surface area is 511 Å². The van der Waals surface area contributed by atoms with Crippen LogP contribution in [0.4, 0.5) is 0 Å². The zero-order chi connectivity index (χ0) is 57.7. The van der Waals surface area contributed by atoms with Crippen molar-refractivity contribution in [3.8, 4) is 32.4 Å². The lowest BCUT2D eigenvalue weighted by atomic mass is 9.78. The van der Waals surface area contributed by atoms with Gasteiger partial charge in [0.05, 0.1) is 29.2 Å². The second kappa shape index (κ2) is 22.4. The number of thiophene rings is 2. The van der Waals surface area contributed by atoms with E-state index in [9.17, 15) is 0 Å². The number of carbonyl (C=O) groups is 4. The number of thiocarbonyl (C=S) groups is 4. The number of hydrogen-bond acceptors (Lipinski definition) is 16. The van der Waals surface area contributed by atoms with Crippen molar-refractivity contribution < 1.29 is 47.6 Å². The third-order valence-electron chi connectivity index (χ3n) is 14.8. The van der Waals surface area contributed by atoms with Gasteiger partial charge in [-0.05, 0) is 58.7 Å². The van der Waals surface area contributed by atoms with E-state index in [4.69, 9.17) is 77.3 Å². The quantitative estimate of drug-likeness (QED) is 0.0337. The first kappa shape index (κ1) is 54.5. The lowest BCUT2D eigenvalue weighted by Crippen LogP contribution is -2.54. The summed E-state index contributed by atoms with van der Waals surface area (Å²) in [6.45, 7) is -1.01. The highest BCUT2D eigenvalue weighted by atomic mass is 32.1. The highest BCUT2D eigenvalue weighted by Gasteiger charge is 2.62. The number of carbonyl (C=O) groups excluding carboxylic acids is 4. The Morgan fingerprint density at radius 3 is 0.905 bits per heavy atom. The molecule has 0 N–H and O–H groups in total. The van der Waals surface area contributed by atoms with E-state index in [0.29, 0.717) is 72.4 Å². The summed E-state index contributed by atoms with van der Waals surface area (Å²) in [5.74, 6) is -4.24. The van der Waals surface area contributed by atoms with Gasteiger partial charge in [-0.25, -0.2) is 19.2 Å². The molecule has 13 rings (SSSR count). The summed E-state index contributed by atoms with van der Waals surface area (Å²) in [4.78, 5) is 66.9. The average Bonchev–Trinajstić information content (AvgIpc) is 1.27. The van der Waals surface area contributed by atoms with Gasteiger partial charge in [-0.3, -0.25) is 0 Å². The minimum atomic E-state index is -2.70. The van der Waals surface area contributed by atoms with Gasteiger partial charge in [-0.2, -0.15) is 0 Å². The summed E-state index contributed by atoms with van der Waals surface area (Å²) >= 11 is 26.6. The first-order chi connectivity index (χ1) is 40.9. The summed E-state index contributed by atoms with van der Waals surface area (Å²) in [5.41, 5.74) is 2.06. The molecule has 0 amide bonds. The Kier molecular flexibility index (Phi) is 14.6. The van der Waals surface area contributed by atoms with E-state index in [-0.39, 0.29) is 60.2 Å². The third-order valence-corrected chi connectivity index (χ3v) is 18.7. The summed E-state index contributed by atoms with van der Waals surface area (Å²) in [5, 5.41) is 0. The number of benzene rings is 7. The molecule has 10 nitrogen and oxygen atoms in total.